The largest absolute Gasteiger partial charge is 0.489 e. The number of carbonyl (C=O) groups excluding carboxylic acids is 1. The van der Waals surface area contributed by atoms with Crippen LogP contribution in [-0.4, -0.2) is 12.4 Å². The van der Waals surface area contributed by atoms with Gasteiger partial charge >= 0.3 is 0 Å². The molecule has 2 N–H and O–H groups in total. The van der Waals surface area contributed by atoms with Crippen molar-refractivity contribution in [2.24, 2.45) is 0 Å². The summed E-state index contributed by atoms with van der Waals surface area (Å²) in [5, 5.41) is 0. The zero-order valence-corrected chi connectivity index (χ0v) is 13.5. The third-order valence-corrected chi connectivity index (χ3v) is 3.26. The molecule has 118 valence electrons. The third-order valence-electron chi connectivity index (χ3n) is 3.26. The SMILES string of the molecule is CC(C)=CCOc1ccccc1/C=C/C(=O)c1ccc(N)cc1. The highest BCUT2D eigenvalue weighted by Crippen LogP contribution is 2.20. The van der Waals surface area contributed by atoms with Crippen LogP contribution in [0.15, 0.2) is 66.3 Å². The first-order valence-electron chi connectivity index (χ1n) is 7.49. The van der Waals surface area contributed by atoms with Gasteiger partial charge in [0, 0.05) is 16.8 Å². The molecule has 0 unspecified atom stereocenters. The summed E-state index contributed by atoms with van der Waals surface area (Å²) in [6, 6.07) is 14.5. The molecule has 0 heterocycles. The standard InChI is InChI=1S/C20H21NO2/c1-15(2)13-14-23-20-6-4-3-5-17(20)9-12-19(22)16-7-10-18(21)11-8-16/h3-13H,14,21H2,1-2H3/b12-9+. The lowest BCUT2D eigenvalue weighted by atomic mass is 10.1. The molecule has 23 heavy (non-hydrogen) atoms. The number of hydrogen-bond donors (Lipinski definition) is 1. The van der Waals surface area contributed by atoms with Crippen molar-refractivity contribution in [1.29, 1.82) is 0 Å². The summed E-state index contributed by atoms with van der Waals surface area (Å²) in [6.45, 7) is 4.57. The second-order valence-electron chi connectivity index (χ2n) is 5.45. The van der Waals surface area contributed by atoms with Gasteiger partial charge in [0.25, 0.3) is 0 Å². The summed E-state index contributed by atoms with van der Waals surface area (Å²) in [5.41, 5.74) is 8.96. The molecule has 0 aliphatic rings. The van der Waals surface area contributed by atoms with Crippen molar-refractivity contribution >= 4 is 17.5 Å². The number of ether oxygens (including phenoxy) is 1. The molecular weight excluding hydrogens is 286 g/mol. The minimum Gasteiger partial charge on any atom is -0.489 e. The summed E-state index contributed by atoms with van der Waals surface area (Å²) in [5.74, 6) is 0.690. The average Bonchev–Trinajstić information content (AvgIpc) is 2.54. The maximum absolute atomic E-state index is 12.2. The van der Waals surface area contributed by atoms with Gasteiger partial charge in [-0.1, -0.05) is 23.8 Å². The van der Waals surface area contributed by atoms with E-state index in [1.165, 1.54) is 5.57 Å². The van der Waals surface area contributed by atoms with E-state index in [9.17, 15) is 4.79 Å². The summed E-state index contributed by atoms with van der Waals surface area (Å²) < 4.78 is 5.75. The number of carbonyl (C=O) groups is 1. The fraction of sp³-hybridized carbons (Fsp3) is 0.150. The zero-order chi connectivity index (χ0) is 16.7. The Morgan fingerprint density at radius 2 is 1.78 bits per heavy atom. The Hall–Kier alpha value is -2.81. The van der Waals surface area contributed by atoms with E-state index < -0.39 is 0 Å². The molecule has 2 rings (SSSR count). The highest BCUT2D eigenvalue weighted by molar-refractivity contribution is 6.07. The van der Waals surface area contributed by atoms with Crippen molar-refractivity contribution < 1.29 is 9.53 Å². The van der Waals surface area contributed by atoms with Crippen molar-refractivity contribution in [3.8, 4) is 5.75 Å². The molecule has 3 heteroatoms. The number of hydrogen-bond acceptors (Lipinski definition) is 3. The quantitative estimate of drug-likeness (QED) is 0.370. The van der Waals surface area contributed by atoms with Crippen molar-refractivity contribution in [1.82, 2.24) is 0 Å². The van der Waals surface area contributed by atoms with Crippen LogP contribution in [0, 0.1) is 0 Å². The van der Waals surface area contributed by atoms with Crippen molar-refractivity contribution in [3.05, 3.63) is 77.4 Å². The average molecular weight is 307 g/mol. The van der Waals surface area contributed by atoms with E-state index in [-0.39, 0.29) is 5.78 Å². The van der Waals surface area contributed by atoms with Gasteiger partial charge < -0.3 is 10.5 Å². The first-order valence-corrected chi connectivity index (χ1v) is 7.49. The van der Waals surface area contributed by atoms with Gasteiger partial charge in [0.1, 0.15) is 12.4 Å². The monoisotopic (exact) mass is 307 g/mol. The molecule has 0 amide bonds. The number of nitrogen functional groups attached to an aromatic ring is 1. The minimum absolute atomic E-state index is 0.0656. The topological polar surface area (TPSA) is 52.3 Å². The molecule has 2 aromatic carbocycles. The molecule has 0 aliphatic carbocycles. The Labute approximate surface area is 137 Å². The van der Waals surface area contributed by atoms with E-state index in [4.69, 9.17) is 10.5 Å². The van der Waals surface area contributed by atoms with Crippen LogP contribution < -0.4 is 10.5 Å². The Balaban J connectivity index is 2.11. The lowest BCUT2D eigenvalue weighted by Gasteiger charge is -2.07. The normalized spacial score (nSPS) is 10.5. The molecule has 0 bridgehead atoms. The molecule has 3 nitrogen and oxygen atoms in total. The van der Waals surface area contributed by atoms with Gasteiger partial charge in [-0.05, 0) is 62.4 Å². The van der Waals surface area contributed by atoms with Crippen LogP contribution in [0.25, 0.3) is 6.08 Å². The van der Waals surface area contributed by atoms with Crippen LogP contribution in [0.2, 0.25) is 0 Å². The Morgan fingerprint density at radius 1 is 1.09 bits per heavy atom. The van der Waals surface area contributed by atoms with Crippen molar-refractivity contribution in [2.45, 2.75) is 13.8 Å². The minimum atomic E-state index is -0.0656. The second-order valence-corrected chi connectivity index (χ2v) is 5.45. The summed E-state index contributed by atoms with van der Waals surface area (Å²) in [7, 11) is 0. The van der Waals surface area contributed by atoms with Crippen LogP contribution >= 0.6 is 0 Å². The summed E-state index contributed by atoms with van der Waals surface area (Å²) in [6.07, 6.45) is 5.34. The predicted molar refractivity (Wildman–Crippen MR) is 95.6 cm³/mol. The molecular formula is C20H21NO2. The van der Waals surface area contributed by atoms with Crippen LogP contribution in [0.4, 0.5) is 5.69 Å². The molecule has 0 aromatic heterocycles. The maximum Gasteiger partial charge on any atom is 0.185 e. The van der Waals surface area contributed by atoms with E-state index >= 15 is 0 Å². The van der Waals surface area contributed by atoms with E-state index in [0.29, 0.717) is 17.9 Å². The van der Waals surface area contributed by atoms with Gasteiger partial charge in [-0.3, -0.25) is 4.79 Å². The van der Waals surface area contributed by atoms with Crippen molar-refractivity contribution in [2.75, 3.05) is 12.3 Å². The number of ketones is 1. The van der Waals surface area contributed by atoms with Crippen LogP contribution in [0.3, 0.4) is 0 Å². The predicted octanol–water partition coefficient (Wildman–Crippen LogP) is 4.51. The van der Waals surface area contributed by atoms with Gasteiger partial charge in [-0.15, -0.1) is 0 Å². The first-order chi connectivity index (χ1) is 11.1. The number of rotatable bonds is 6. The van der Waals surface area contributed by atoms with Crippen molar-refractivity contribution in [3.63, 3.8) is 0 Å². The lowest BCUT2D eigenvalue weighted by Crippen LogP contribution is -1.97. The zero-order valence-electron chi connectivity index (χ0n) is 13.5. The molecule has 2 aromatic rings. The first kappa shape index (κ1) is 16.6. The smallest absolute Gasteiger partial charge is 0.185 e. The Bertz CT molecular complexity index is 724. The molecule has 0 aliphatic heterocycles. The van der Waals surface area contributed by atoms with Crippen LogP contribution in [0.1, 0.15) is 29.8 Å². The van der Waals surface area contributed by atoms with Crippen LogP contribution in [0.5, 0.6) is 5.75 Å². The Morgan fingerprint density at radius 3 is 2.48 bits per heavy atom. The van der Waals surface area contributed by atoms with E-state index in [1.807, 2.05) is 44.2 Å². The van der Waals surface area contributed by atoms with Gasteiger partial charge in [0.05, 0.1) is 0 Å². The Kier molecular flexibility index (Phi) is 5.75. The van der Waals surface area contributed by atoms with Gasteiger partial charge in [0.15, 0.2) is 5.78 Å². The van der Waals surface area contributed by atoms with Gasteiger partial charge in [0.2, 0.25) is 0 Å². The number of para-hydroxylation sites is 1. The second kappa shape index (κ2) is 7.99. The highest BCUT2D eigenvalue weighted by Gasteiger charge is 2.03. The molecule has 0 fully saturated rings. The van der Waals surface area contributed by atoms with Gasteiger partial charge in [-0.2, -0.15) is 0 Å². The number of allylic oxidation sites excluding steroid dienone is 2. The van der Waals surface area contributed by atoms with Gasteiger partial charge in [-0.25, -0.2) is 0 Å². The summed E-state index contributed by atoms with van der Waals surface area (Å²) >= 11 is 0. The highest BCUT2D eigenvalue weighted by atomic mass is 16.5. The molecule has 0 saturated carbocycles. The fourth-order valence-corrected chi connectivity index (χ4v) is 1.96. The number of anilines is 1. The molecule has 0 radical (unpaired) electrons. The maximum atomic E-state index is 12.2. The lowest BCUT2D eigenvalue weighted by molar-refractivity contribution is 0.104. The van der Waals surface area contributed by atoms with Crippen LogP contribution in [-0.2, 0) is 0 Å². The third kappa shape index (κ3) is 5.15. The molecule has 0 spiro atoms. The number of nitrogens with two attached hydrogens (primary N) is 1. The van der Waals surface area contributed by atoms with E-state index in [2.05, 4.69) is 0 Å². The fourth-order valence-electron chi connectivity index (χ4n) is 1.96. The summed E-state index contributed by atoms with van der Waals surface area (Å²) in [4.78, 5) is 12.2. The number of benzene rings is 2. The van der Waals surface area contributed by atoms with E-state index in [1.54, 1.807) is 36.4 Å². The molecule has 0 atom stereocenters. The van der Waals surface area contributed by atoms with E-state index in [0.717, 1.165) is 11.3 Å². The molecule has 0 saturated heterocycles.